The zero-order valence-corrected chi connectivity index (χ0v) is 63.6. The Morgan fingerprint density at radius 2 is 0.500 bits per heavy atom. The summed E-state index contributed by atoms with van der Waals surface area (Å²) in [5, 5.41) is 10.6. The Morgan fingerprint density at radius 3 is 0.760 bits per heavy atom. The number of phosphoric ester groups is 2. The van der Waals surface area contributed by atoms with E-state index in [1.54, 1.807) is 0 Å². The first-order chi connectivity index (χ1) is 46.7. The zero-order chi connectivity index (χ0) is 70.4. The Labute approximate surface area is 586 Å². The van der Waals surface area contributed by atoms with E-state index in [-0.39, 0.29) is 25.7 Å². The lowest BCUT2D eigenvalue weighted by atomic mass is 10.0. The summed E-state index contributed by atoms with van der Waals surface area (Å²) in [6.07, 6.45) is 64.4. The van der Waals surface area contributed by atoms with Crippen LogP contribution in [0.4, 0.5) is 0 Å². The smallest absolute Gasteiger partial charge is 0.462 e. The molecule has 5 atom stereocenters. The lowest BCUT2D eigenvalue weighted by Crippen LogP contribution is -2.30. The third kappa shape index (κ3) is 70.0. The van der Waals surface area contributed by atoms with Crippen LogP contribution in [-0.4, -0.2) is 96.7 Å². The van der Waals surface area contributed by atoms with Crippen molar-refractivity contribution in [2.75, 3.05) is 39.6 Å². The molecule has 0 spiro atoms. The number of carbonyl (C=O) groups is 4. The molecule has 0 saturated carbocycles. The number of unbranched alkanes of at least 4 members (excludes halogenated alkanes) is 47. The average Bonchev–Trinajstić information content (AvgIpc) is 1.43. The van der Waals surface area contributed by atoms with E-state index in [2.05, 4.69) is 52.0 Å². The van der Waals surface area contributed by atoms with Crippen LogP contribution in [0.1, 0.15) is 387 Å². The van der Waals surface area contributed by atoms with Crippen molar-refractivity contribution in [3.63, 3.8) is 0 Å². The van der Waals surface area contributed by atoms with Crippen LogP contribution in [0, 0.1) is 0 Å². The number of esters is 4. The summed E-state index contributed by atoms with van der Waals surface area (Å²) in [5.41, 5.74) is 0. The van der Waals surface area contributed by atoms with Crippen molar-refractivity contribution >= 4 is 39.5 Å². The predicted molar refractivity (Wildman–Crippen MR) is 391 cm³/mol. The average molecular weight is 1410 g/mol. The van der Waals surface area contributed by atoms with Crippen molar-refractivity contribution in [3.8, 4) is 0 Å². The van der Waals surface area contributed by atoms with Crippen LogP contribution in [-0.2, 0) is 65.4 Å². The molecule has 0 aromatic carbocycles. The van der Waals surface area contributed by atoms with Crippen LogP contribution in [0.15, 0.2) is 24.3 Å². The first-order valence-corrected chi connectivity index (χ1v) is 42.6. The molecule has 17 nitrogen and oxygen atoms in total. The maximum Gasteiger partial charge on any atom is 0.472 e. The highest BCUT2D eigenvalue weighted by atomic mass is 31.2. The molecule has 0 aliphatic carbocycles. The number of phosphoric acid groups is 2. The topological polar surface area (TPSA) is 237 Å². The number of ether oxygens (including phenoxy) is 4. The summed E-state index contributed by atoms with van der Waals surface area (Å²) >= 11 is 0. The third-order valence-electron chi connectivity index (χ3n) is 17.5. The molecule has 19 heteroatoms. The second-order valence-electron chi connectivity index (χ2n) is 27.1. The molecule has 3 N–H and O–H groups in total. The maximum atomic E-state index is 13.1. The fraction of sp³-hybridized carbons (Fsp3) is 0.896. The van der Waals surface area contributed by atoms with Crippen LogP contribution >= 0.6 is 15.6 Å². The number of hydrogen-bond acceptors (Lipinski definition) is 15. The van der Waals surface area contributed by atoms with Gasteiger partial charge < -0.3 is 33.8 Å². The Hall–Kier alpha value is -2.46. The van der Waals surface area contributed by atoms with E-state index in [9.17, 15) is 43.2 Å². The molecular formula is C77H146O17P2. The summed E-state index contributed by atoms with van der Waals surface area (Å²) in [6, 6.07) is 0. The summed E-state index contributed by atoms with van der Waals surface area (Å²) in [4.78, 5) is 72.9. The van der Waals surface area contributed by atoms with Gasteiger partial charge in [0, 0.05) is 25.7 Å². The van der Waals surface area contributed by atoms with Crippen LogP contribution in [0.2, 0.25) is 0 Å². The Morgan fingerprint density at radius 1 is 0.292 bits per heavy atom. The van der Waals surface area contributed by atoms with Crippen LogP contribution in [0.3, 0.4) is 0 Å². The molecule has 0 aliphatic heterocycles. The summed E-state index contributed by atoms with van der Waals surface area (Å²) in [7, 11) is -9.92. The molecule has 0 rings (SSSR count). The van der Waals surface area contributed by atoms with Gasteiger partial charge in [0.1, 0.15) is 19.3 Å². The van der Waals surface area contributed by atoms with E-state index < -0.39 is 97.5 Å². The molecule has 0 fully saturated rings. The van der Waals surface area contributed by atoms with Gasteiger partial charge in [-0.15, -0.1) is 0 Å². The molecule has 0 bridgehead atoms. The van der Waals surface area contributed by atoms with Crippen LogP contribution < -0.4 is 0 Å². The molecule has 0 aliphatic rings. The number of aliphatic hydroxyl groups excluding tert-OH is 1. The van der Waals surface area contributed by atoms with Crippen LogP contribution in [0.5, 0.6) is 0 Å². The summed E-state index contributed by atoms with van der Waals surface area (Å²) in [6.45, 7) is 4.94. The number of aliphatic hydroxyl groups is 1. The Kier molecular flexibility index (Phi) is 69.1. The first-order valence-electron chi connectivity index (χ1n) is 39.6. The second kappa shape index (κ2) is 71.0. The Bertz CT molecular complexity index is 1920. The van der Waals surface area contributed by atoms with Gasteiger partial charge in [0.15, 0.2) is 12.2 Å². The highest BCUT2D eigenvalue weighted by Gasteiger charge is 2.30. The minimum absolute atomic E-state index is 0.0861. The normalized spacial score (nSPS) is 14.0. The molecule has 566 valence electrons. The first kappa shape index (κ1) is 93.5. The fourth-order valence-electron chi connectivity index (χ4n) is 11.4. The van der Waals surface area contributed by atoms with Gasteiger partial charge in [0.2, 0.25) is 0 Å². The van der Waals surface area contributed by atoms with Gasteiger partial charge in [-0.25, -0.2) is 9.13 Å². The standard InChI is InChI=1S/C77H146O17P2/c1-5-9-13-17-21-25-29-33-35-39-42-46-50-54-58-62-75(80)88-68-73(94-77(82)64-60-56-52-48-44-40-36-34-30-26-22-18-14-10-6-2)70-92-96(85,86)90-66-71(78)65-89-95(83,84)91-69-72(93-76(81)63-59-55-51-47-43-38-32-28-24-20-16-12-8-4)67-87-74(79)61-57-53-49-45-41-37-31-27-23-19-15-11-7-3/h26,30,34,36,71-73,78H,5-25,27-29,31-33,35,37-70H2,1-4H3,(H,83,84)(H,85,86)/b30-26-,36-34-/t71-,72+,73+/m0/s1. The number of allylic oxidation sites excluding steroid dienone is 4. The van der Waals surface area contributed by atoms with Crippen molar-refractivity contribution < 1.29 is 80.2 Å². The second-order valence-corrected chi connectivity index (χ2v) is 30.0. The van der Waals surface area contributed by atoms with Gasteiger partial charge in [0.05, 0.1) is 26.4 Å². The molecular weight excluding hydrogens is 1260 g/mol. The van der Waals surface area contributed by atoms with E-state index in [0.717, 1.165) is 103 Å². The quantitative estimate of drug-likeness (QED) is 0.0169. The lowest BCUT2D eigenvalue weighted by molar-refractivity contribution is -0.161. The van der Waals surface area contributed by atoms with Crippen molar-refractivity contribution in [1.82, 2.24) is 0 Å². The number of carbonyl (C=O) groups excluding carboxylic acids is 4. The summed E-state index contributed by atoms with van der Waals surface area (Å²) in [5.74, 6) is -2.14. The third-order valence-corrected chi connectivity index (χ3v) is 19.4. The Balaban J connectivity index is 5.29. The highest BCUT2D eigenvalue weighted by molar-refractivity contribution is 7.47. The molecule has 96 heavy (non-hydrogen) atoms. The van der Waals surface area contributed by atoms with Crippen molar-refractivity contribution in [2.24, 2.45) is 0 Å². The molecule has 0 aromatic heterocycles. The zero-order valence-electron chi connectivity index (χ0n) is 61.8. The molecule has 0 radical (unpaired) electrons. The van der Waals surface area contributed by atoms with E-state index in [1.165, 1.54) is 205 Å². The van der Waals surface area contributed by atoms with E-state index >= 15 is 0 Å². The van der Waals surface area contributed by atoms with Gasteiger partial charge >= 0.3 is 39.5 Å². The van der Waals surface area contributed by atoms with E-state index in [0.29, 0.717) is 25.7 Å². The van der Waals surface area contributed by atoms with Gasteiger partial charge in [0.25, 0.3) is 0 Å². The molecule has 0 saturated heterocycles. The van der Waals surface area contributed by atoms with Gasteiger partial charge in [-0.2, -0.15) is 0 Å². The van der Waals surface area contributed by atoms with Gasteiger partial charge in [-0.1, -0.05) is 335 Å². The van der Waals surface area contributed by atoms with E-state index in [1.807, 2.05) is 0 Å². The maximum absolute atomic E-state index is 13.1. The monoisotopic (exact) mass is 1410 g/mol. The molecule has 0 heterocycles. The lowest BCUT2D eigenvalue weighted by Gasteiger charge is -2.21. The molecule has 0 aromatic rings. The number of hydrogen-bond donors (Lipinski definition) is 3. The highest BCUT2D eigenvalue weighted by Crippen LogP contribution is 2.45. The number of rotatable bonds is 76. The summed E-state index contributed by atoms with van der Waals surface area (Å²) < 4.78 is 68.5. The SMILES string of the molecule is CCCCCC/C=C\C=C/CCCCCCCC(=O)O[C@H](COC(=O)CCCCCCCCCCCCCCCCC)COP(=O)(O)OC[C@@H](O)COP(=O)(O)OC[C@@H](COC(=O)CCCCCCCCCCCCCCC)OC(=O)CCCCCCCCCCCCCCC. The fourth-order valence-corrected chi connectivity index (χ4v) is 13.0. The van der Waals surface area contributed by atoms with Gasteiger partial charge in [-0.05, 0) is 51.4 Å². The van der Waals surface area contributed by atoms with Crippen molar-refractivity contribution in [3.05, 3.63) is 24.3 Å². The minimum atomic E-state index is -4.96. The molecule has 2 unspecified atom stereocenters. The van der Waals surface area contributed by atoms with Gasteiger partial charge in [-0.3, -0.25) is 37.3 Å². The van der Waals surface area contributed by atoms with E-state index in [4.69, 9.17) is 37.0 Å². The predicted octanol–water partition coefficient (Wildman–Crippen LogP) is 22.6. The van der Waals surface area contributed by atoms with Crippen LogP contribution in [0.25, 0.3) is 0 Å². The molecule has 0 amide bonds. The minimum Gasteiger partial charge on any atom is -0.462 e. The van der Waals surface area contributed by atoms with Crippen molar-refractivity contribution in [1.29, 1.82) is 0 Å². The largest absolute Gasteiger partial charge is 0.472 e. The van der Waals surface area contributed by atoms with Crippen molar-refractivity contribution in [2.45, 2.75) is 406 Å².